The summed E-state index contributed by atoms with van der Waals surface area (Å²) in [6, 6.07) is 1.27. The molecule has 114 valence electrons. The molecule has 1 N–H and O–H groups in total. The summed E-state index contributed by atoms with van der Waals surface area (Å²) in [5, 5.41) is -0.369. The van der Waals surface area contributed by atoms with Crippen molar-refractivity contribution in [3.63, 3.8) is 0 Å². The lowest BCUT2D eigenvalue weighted by Gasteiger charge is -2.25. The van der Waals surface area contributed by atoms with Crippen molar-refractivity contribution in [3.05, 3.63) is 17.9 Å². The van der Waals surface area contributed by atoms with E-state index in [1.54, 1.807) is 6.92 Å². The number of rotatable bonds is 7. The van der Waals surface area contributed by atoms with E-state index in [1.165, 1.54) is 19.4 Å². The maximum atomic E-state index is 13.9. The van der Waals surface area contributed by atoms with E-state index in [1.807, 2.05) is 4.72 Å². The minimum Gasteiger partial charge on any atom is -0.451 e. The van der Waals surface area contributed by atoms with Crippen LogP contribution in [0.2, 0.25) is 0 Å². The molecule has 1 heterocycles. The number of methoxy groups -OCH3 is 1. The van der Waals surface area contributed by atoms with Crippen LogP contribution in [0, 0.1) is 12.8 Å². The molecule has 0 saturated heterocycles. The predicted octanol–water partition coefficient (Wildman–Crippen LogP) is 1.93. The number of furan rings is 1. The Kier molecular flexibility index (Phi) is 4.17. The predicted molar refractivity (Wildman–Crippen MR) is 67.1 cm³/mol. The van der Waals surface area contributed by atoms with Crippen LogP contribution in [0.4, 0.5) is 8.78 Å². The molecule has 2 rings (SSSR count). The van der Waals surface area contributed by atoms with Crippen molar-refractivity contribution in [2.75, 3.05) is 13.7 Å². The van der Waals surface area contributed by atoms with Crippen molar-refractivity contribution in [1.82, 2.24) is 4.72 Å². The van der Waals surface area contributed by atoms with E-state index < -0.39 is 28.6 Å². The summed E-state index contributed by atoms with van der Waals surface area (Å²) < 4.78 is 63.0. The Morgan fingerprint density at radius 1 is 1.55 bits per heavy atom. The average Bonchev–Trinajstić information content (AvgIpc) is 3.08. The van der Waals surface area contributed by atoms with E-state index in [0.717, 1.165) is 0 Å². The van der Waals surface area contributed by atoms with E-state index >= 15 is 0 Å². The first-order valence-electron chi connectivity index (χ1n) is 6.21. The fraction of sp³-hybridized carbons (Fsp3) is 0.667. The first-order valence-corrected chi connectivity index (χ1v) is 7.70. The van der Waals surface area contributed by atoms with Gasteiger partial charge in [-0.25, -0.2) is 21.9 Å². The second-order valence-electron chi connectivity index (χ2n) is 5.02. The van der Waals surface area contributed by atoms with Crippen LogP contribution in [0.1, 0.15) is 18.4 Å². The van der Waals surface area contributed by atoms with E-state index in [2.05, 4.69) is 0 Å². The lowest BCUT2D eigenvalue weighted by atomic mass is 10.1. The van der Waals surface area contributed by atoms with Gasteiger partial charge in [-0.05, 0) is 31.2 Å². The zero-order valence-corrected chi connectivity index (χ0v) is 12.0. The molecule has 0 spiro atoms. The standard InChI is InChI=1S/C12H17F2NO4S/c1-8-5-10(19-6-8)20(16,17)15-7-12(13,14)11(18-2)9-3-4-9/h5-6,9,11,15H,3-4,7H2,1-2H3. The summed E-state index contributed by atoms with van der Waals surface area (Å²) in [4.78, 5) is 0. The Morgan fingerprint density at radius 3 is 2.65 bits per heavy atom. The molecule has 1 aliphatic rings. The van der Waals surface area contributed by atoms with Gasteiger partial charge in [0.1, 0.15) is 6.10 Å². The maximum Gasteiger partial charge on any atom is 0.287 e. The van der Waals surface area contributed by atoms with Crippen molar-refractivity contribution in [2.24, 2.45) is 5.92 Å². The van der Waals surface area contributed by atoms with Gasteiger partial charge in [0.2, 0.25) is 5.09 Å². The molecule has 1 aromatic heterocycles. The van der Waals surface area contributed by atoms with Crippen LogP contribution in [0.25, 0.3) is 0 Å². The molecule has 5 nitrogen and oxygen atoms in total. The average molecular weight is 309 g/mol. The highest BCUT2D eigenvalue weighted by Crippen LogP contribution is 2.41. The summed E-state index contributed by atoms with van der Waals surface area (Å²) >= 11 is 0. The summed E-state index contributed by atoms with van der Waals surface area (Å²) in [5.41, 5.74) is 0.602. The van der Waals surface area contributed by atoms with E-state index in [4.69, 9.17) is 9.15 Å². The van der Waals surface area contributed by atoms with E-state index in [9.17, 15) is 17.2 Å². The number of nitrogens with one attached hydrogen (secondary N) is 1. The zero-order valence-electron chi connectivity index (χ0n) is 11.2. The number of ether oxygens (including phenoxy) is 1. The maximum absolute atomic E-state index is 13.9. The SMILES string of the molecule is COC(C1CC1)C(F)(F)CNS(=O)(=O)c1cc(C)co1. The number of hydrogen-bond acceptors (Lipinski definition) is 4. The first-order chi connectivity index (χ1) is 9.26. The van der Waals surface area contributed by atoms with Crippen molar-refractivity contribution in [3.8, 4) is 0 Å². The Labute approximate surface area is 116 Å². The lowest BCUT2D eigenvalue weighted by molar-refractivity contribution is -0.127. The number of alkyl halides is 2. The highest BCUT2D eigenvalue weighted by molar-refractivity contribution is 7.89. The second-order valence-corrected chi connectivity index (χ2v) is 6.72. The molecule has 1 unspecified atom stereocenters. The second kappa shape index (κ2) is 5.42. The third-order valence-electron chi connectivity index (χ3n) is 3.19. The Hall–Kier alpha value is -0.990. The topological polar surface area (TPSA) is 68.5 Å². The monoisotopic (exact) mass is 309 g/mol. The van der Waals surface area contributed by atoms with Gasteiger partial charge in [-0.2, -0.15) is 0 Å². The van der Waals surface area contributed by atoms with Gasteiger partial charge in [-0.3, -0.25) is 0 Å². The van der Waals surface area contributed by atoms with Crippen molar-refractivity contribution in [1.29, 1.82) is 0 Å². The normalized spacial score (nSPS) is 18.2. The third-order valence-corrected chi connectivity index (χ3v) is 4.46. The van der Waals surface area contributed by atoms with Gasteiger partial charge >= 0.3 is 0 Å². The first kappa shape index (κ1) is 15.4. The largest absolute Gasteiger partial charge is 0.451 e. The molecule has 1 atom stereocenters. The van der Waals surface area contributed by atoms with Crippen molar-refractivity contribution >= 4 is 10.0 Å². The Bertz CT molecular complexity index is 566. The van der Waals surface area contributed by atoms with Crippen LogP contribution in [0.15, 0.2) is 21.8 Å². The minimum absolute atomic E-state index is 0.203. The van der Waals surface area contributed by atoms with Crippen LogP contribution in [0.3, 0.4) is 0 Å². The molecule has 8 heteroatoms. The number of aryl methyl sites for hydroxylation is 1. The van der Waals surface area contributed by atoms with Crippen molar-refractivity contribution in [2.45, 2.75) is 36.9 Å². The van der Waals surface area contributed by atoms with Gasteiger partial charge in [0, 0.05) is 13.2 Å². The van der Waals surface area contributed by atoms with E-state index in [-0.39, 0.29) is 11.0 Å². The Morgan fingerprint density at radius 2 is 2.20 bits per heavy atom. The van der Waals surface area contributed by atoms with Crippen LogP contribution in [-0.4, -0.2) is 34.1 Å². The minimum atomic E-state index is -4.07. The summed E-state index contributed by atoms with van der Waals surface area (Å²) in [5.74, 6) is -3.46. The fourth-order valence-corrected chi connectivity index (χ4v) is 3.06. The molecule has 0 aromatic carbocycles. The van der Waals surface area contributed by atoms with Crippen LogP contribution in [-0.2, 0) is 14.8 Å². The highest BCUT2D eigenvalue weighted by atomic mass is 32.2. The van der Waals surface area contributed by atoms with Gasteiger partial charge in [0.05, 0.1) is 12.8 Å². The molecule has 0 bridgehead atoms. The zero-order chi connectivity index (χ0) is 15.0. The van der Waals surface area contributed by atoms with Gasteiger partial charge in [0.15, 0.2) is 0 Å². The van der Waals surface area contributed by atoms with Crippen LogP contribution >= 0.6 is 0 Å². The van der Waals surface area contributed by atoms with Gasteiger partial charge in [-0.1, -0.05) is 0 Å². The third kappa shape index (κ3) is 3.36. The summed E-state index contributed by atoms with van der Waals surface area (Å²) in [6.45, 7) is 0.634. The molecule has 1 fully saturated rings. The quantitative estimate of drug-likeness (QED) is 0.835. The van der Waals surface area contributed by atoms with Crippen molar-refractivity contribution < 1.29 is 26.4 Å². The van der Waals surface area contributed by atoms with E-state index in [0.29, 0.717) is 18.4 Å². The summed E-state index contributed by atoms with van der Waals surface area (Å²) in [6.07, 6.45) is 1.34. The van der Waals surface area contributed by atoms with Crippen LogP contribution < -0.4 is 4.72 Å². The van der Waals surface area contributed by atoms with Gasteiger partial charge in [0.25, 0.3) is 15.9 Å². The van der Waals surface area contributed by atoms with Gasteiger partial charge in [-0.15, -0.1) is 0 Å². The molecule has 0 radical (unpaired) electrons. The Balaban J connectivity index is 2.03. The number of halogens is 2. The molecular weight excluding hydrogens is 292 g/mol. The molecule has 1 aliphatic carbocycles. The molecule has 1 aromatic rings. The summed E-state index contributed by atoms with van der Waals surface area (Å²) in [7, 11) is -2.86. The van der Waals surface area contributed by atoms with Crippen LogP contribution in [0.5, 0.6) is 0 Å². The fourth-order valence-electron chi connectivity index (χ4n) is 2.02. The lowest BCUT2D eigenvalue weighted by Crippen LogP contribution is -2.46. The molecule has 20 heavy (non-hydrogen) atoms. The molecule has 0 amide bonds. The van der Waals surface area contributed by atoms with Gasteiger partial charge < -0.3 is 9.15 Å². The smallest absolute Gasteiger partial charge is 0.287 e. The molecule has 0 aliphatic heterocycles. The highest BCUT2D eigenvalue weighted by Gasteiger charge is 2.49. The molecular formula is C12H17F2NO4S. The number of sulfonamides is 1. The molecule has 1 saturated carbocycles. The number of hydrogen-bond donors (Lipinski definition) is 1.